The fourth-order valence-electron chi connectivity index (χ4n) is 2.19. The number of benzene rings is 2. The van der Waals surface area contributed by atoms with E-state index in [4.69, 9.17) is 4.42 Å². The van der Waals surface area contributed by atoms with Crippen LogP contribution in [0.5, 0.6) is 0 Å². The Bertz CT molecular complexity index is 777. The summed E-state index contributed by atoms with van der Waals surface area (Å²) in [5.41, 5.74) is 2.28. The van der Waals surface area contributed by atoms with Gasteiger partial charge in [-0.05, 0) is 19.1 Å². The van der Waals surface area contributed by atoms with Crippen LogP contribution < -0.4 is 0 Å². The van der Waals surface area contributed by atoms with Gasteiger partial charge >= 0.3 is 0 Å². The standard InChI is InChI=1S/C18H14O3/c1-12-6-8-13(9-7-12)15(19)11-16(20)18-10-14-4-2-3-5-17(14)21-18/h2-10H,11H2,1H3. The molecule has 0 N–H and O–H groups in total. The molecular formula is C18H14O3. The molecule has 0 spiro atoms. The van der Waals surface area contributed by atoms with Crippen LogP contribution in [0.3, 0.4) is 0 Å². The average Bonchev–Trinajstić information content (AvgIpc) is 2.92. The molecule has 0 amide bonds. The smallest absolute Gasteiger partial charge is 0.205 e. The molecule has 1 heterocycles. The number of Topliss-reactive ketones (excluding diaryl/α,β-unsaturated/α-hetero) is 2. The van der Waals surface area contributed by atoms with Gasteiger partial charge in [0.15, 0.2) is 11.5 Å². The van der Waals surface area contributed by atoms with Crippen LogP contribution in [0.15, 0.2) is 59.0 Å². The first-order valence-electron chi connectivity index (χ1n) is 6.75. The normalized spacial score (nSPS) is 10.7. The van der Waals surface area contributed by atoms with Crippen molar-refractivity contribution < 1.29 is 14.0 Å². The minimum Gasteiger partial charge on any atom is -0.453 e. The van der Waals surface area contributed by atoms with Gasteiger partial charge in [0.25, 0.3) is 0 Å². The number of fused-ring (bicyclic) bond motifs is 1. The van der Waals surface area contributed by atoms with Crippen LogP contribution in [-0.2, 0) is 0 Å². The second-order valence-electron chi connectivity index (χ2n) is 5.04. The molecule has 3 heteroatoms. The van der Waals surface area contributed by atoms with E-state index in [0.29, 0.717) is 11.1 Å². The highest BCUT2D eigenvalue weighted by molar-refractivity contribution is 6.13. The minimum atomic E-state index is -0.295. The van der Waals surface area contributed by atoms with Gasteiger partial charge in [0, 0.05) is 10.9 Å². The van der Waals surface area contributed by atoms with Gasteiger partial charge in [-0.2, -0.15) is 0 Å². The van der Waals surface area contributed by atoms with E-state index in [2.05, 4.69) is 0 Å². The molecule has 104 valence electrons. The Morgan fingerprint density at radius 1 is 0.952 bits per heavy atom. The molecule has 2 aromatic carbocycles. The molecule has 3 nitrogen and oxygen atoms in total. The van der Waals surface area contributed by atoms with Crippen LogP contribution in [0.4, 0.5) is 0 Å². The molecule has 0 saturated carbocycles. The lowest BCUT2D eigenvalue weighted by Gasteiger charge is -2.00. The van der Waals surface area contributed by atoms with Gasteiger partial charge in [0.2, 0.25) is 5.78 Å². The maximum atomic E-state index is 12.2. The quantitative estimate of drug-likeness (QED) is 0.531. The summed E-state index contributed by atoms with van der Waals surface area (Å²) in [7, 11) is 0. The molecule has 0 fully saturated rings. The highest BCUT2D eigenvalue weighted by Crippen LogP contribution is 2.20. The van der Waals surface area contributed by atoms with Crippen molar-refractivity contribution in [2.24, 2.45) is 0 Å². The van der Waals surface area contributed by atoms with E-state index in [-0.39, 0.29) is 23.7 Å². The van der Waals surface area contributed by atoms with Crippen molar-refractivity contribution in [1.82, 2.24) is 0 Å². The largest absolute Gasteiger partial charge is 0.453 e. The number of hydrogen-bond acceptors (Lipinski definition) is 3. The lowest BCUT2D eigenvalue weighted by Crippen LogP contribution is -2.07. The van der Waals surface area contributed by atoms with Crippen LogP contribution in [0.2, 0.25) is 0 Å². The van der Waals surface area contributed by atoms with Crippen molar-refractivity contribution in [3.63, 3.8) is 0 Å². The maximum absolute atomic E-state index is 12.2. The number of hydrogen-bond donors (Lipinski definition) is 0. The lowest BCUT2D eigenvalue weighted by molar-refractivity contribution is 0.0879. The molecule has 0 aliphatic carbocycles. The van der Waals surface area contributed by atoms with E-state index >= 15 is 0 Å². The van der Waals surface area contributed by atoms with Crippen LogP contribution >= 0.6 is 0 Å². The zero-order chi connectivity index (χ0) is 14.8. The predicted molar refractivity (Wildman–Crippen MR) is 80.7 cm³/mol. The van der Waals surface area contributed by atoms with Crippen molar-refractivity contribution in [1.29, 1.82) is 0 Å². The Balaban J connectivity index is 1.79. The molecular weight excluding hydrogens is 264 g/mol. The van der Waals surface area contributed by atoms with Gasteiger partial charge in [-0.15, -0.1) is 0 Å². The SMILES string of the molecule is Cc1ccc(C(=O)CC(=O)c2cc3ccccc3o2)cc1. The highest BCUT2D eigenvalue weighted by Gasteiger charge is 2.17. The van der Waals surface area contributed by atoms with Crippen LogP contribution in [0.25, 0.3) is 11.0 Å². The Labute approximate surface area is 122 Å². The Hall–Kier alpha value is -2.68. The molecule has 3 rings (SSSR count). The summed E-state index contributed by atoms with van der Waals surface area (Å²) >= 11 is 0. The maximum Gasteiger partial charge on any atom is 0.205 e. The van der Waals surface area contributed by atoms with E-state index in [0.717, 1.165) is 10.9 Å². The van der Waals surface area contributed by atoms with Crippen LogP contribution in [0, 0.1) is 6.92 Å². The molecule has 3 aromatic rings. The number of rotatable bonds is 4. The number of aryl methyl sites for hydroxylation is 1. The van der Waals surface area contributed by atoms with E-state index in [1.165, 1.54) is 0 Å². The van der Waals surface area contributed by atoms with Gasteiger partial charge < -0.3 is 4.42 Å². The first-order valence-corrected chi connectivity index (χ1v) is 6.75. The molecule has 1 aromatic heterocycles. The fraction of sp³-hybridized carbons (Fsp3) is 0.111. The Morgan fingerprint density at radius 2 is 1.67 bits per heavy atom. The van der Waals surface area contributed by atoms with Crippen molar-refractivity contribution in [3.05, 3.63) is 71.5 Å². The number of para-hydroxylation sites is 1. The lowest BCUT2D eigenvalue weighted by atomic mass is 10.0. The number of furan rings is 1. The summed E-state index contributed by atoms with van der Waals surface area (Å²) in [6.45, 7) is 1.95. The van der Waals surface area contributed by atoms with E-state index in [1.807, 2.05) is 37.3 Å². The summed E-state index contributed by atoms with van der Waals surface area (Å²) in [6.07, 6.45) is -0.178. The average molecular weight is 278 g/mol. The van der Waals surface area contributed by atoms with Crippen LogP contribution in [-0.4, -0.2) is 11.6 Å². The third kappa shape index (κ3) is 2.77. The van der Waals surface area contributed by atoms with Crippen LogP contribution in [0.1, 0.15) is 32.9 Å². The zero-order valence-electron chi connectivity index (χ0n) is 11.6. The Kier molecular flexibility index (Phi) is 3.40. The van der Waals surface area contributed by atoms with Crippen molar-refractivity contribution in [2.75, 3.05) is 0 Å². The Morgan fingerprint density at radius 3 is 2.38 bits per heavy atom. The van der Waals surface area contributed by atoms with E-state index < -0.39 is 0 Å². The van der Waals surface area contributed by atoms with Gasteiger partial charge in [0.05, 0.1) is 6.42 Å². The first kappa shape index (κ1) is 13.3. The summed E-state index contributed by atoms with van der Waals surface area (Å²) in [5.74, 6) is -0.256. The van der Waals surface area contributed by atoms with Crippen molar-refractivity contribution in [2.45, 2.75) is 13.3 Å². The summed E-state index contributed by atoms with van der Waals surface area (Å²) in [5, 5.41) is 0.864. The number of ketones is 2. The van der Waals surface area contributed by atoms with Crippen molar-refractivity contribution >= 4 is 22.5 Å². The molecule has 0 saturated heterocycles. The number of carbonyl (C=O) groups is 2. The van der Waals surface area contributed by atoms with Gasteiger partial charge in [-0.1, -0.05) is 48.0 Å². The monoisotopic (exact) mass is 278 g/mol. The molecule has 0 aliphatic rings. The molecule has 0 radical (unpaired) electrons. The number of carbonyl (C=O) groups excluding carboxylic acids is 2. The van der Waals surface area contributed by atoms with E-state index in [1.54, 1.807) is 24.3 Å². The summed E-state index contributed by atoms with van der Waals surface area (Å²) in [6, 6.07) is 16.3. The third-order valence-electron chi connectivity index (χ3n) is 3.40. The zero-order valence-corrected chi connectivity index (χ0v) is 11.6. The first-order chi connectivity index (χ1) is 10.1. The highest BCUT2D eigenvalue weighted by atomic mass is 16.3. The van der Waals surface area contributed by atoms with Gasteiger partial charge in [-0.25, -0.2) is 0 Å². The predicted octanol–water partition coefficient (Wildman–Crippen LogP) is 4.20. The molecule has 0 aliphatic heterocycles. The topological polar surface area (TPSA) is 47.3 Å². The van der Waals surface area contributed by atoms with Gasteiger partial charge in [0.1, 0.15) is 5.58 Å². The second kappa shape index (κ2) is 5.37. The van der Waals surface area contributed by atoms with E-state index in [9.17, 15) is 9.59 Å². The fourth-order valence-corrected chi connectivity index (χ4v) is 2.19. The van der Waals surface area contributed by atoms with Gasteiger partial charge in [-0.3, -0.25) is 9.59 Å². The summed E-state index contributed by atoms with van der Waals surface area (Å²) in [4.78, 5) is 24.2. The minimum absolute atomic E-state index is 0.178. The molecule has 21 heavy (non-hydrogen) atoms. The second-order valence-corrected chi connectivity index (χ2v) is 5.04. The summed E-state index contributed by atoms with van der Waals surface area (Å²) < 4.78 is 5.48. The molecule has 0 atom stereocenters. The van der Waals surface area contributed by atoms with Crippen molar-refractivity contribution in [3.8, 4) is 0 Å². The molecule has 0 bridgehead atoms. The molecule has 0 unspecified atom stereocenters. The third-order valence-corrected chi connectivity index (χ3v) is 3.40.